The minimum Gasteiger partial charge on any atom is -0.373 e. The molecule has 1 atom stereocenters. The average molecular weight is 268 g/mol. The highest BCUT2D eigenvalue weighted by Crippen LogP contribution is 2.21. The van der Waals surface area contributed by atoms with Crippen LogP contribution in [-0.4, -0.2) is 5.11 Å². The van der Waals surface area contributed by atoms with Gasteiger partial charge < -0.3 is 5.11 Å². The summed E-state index contributed by atoms with van der Waals surface area (Å²) in [6.07, 6.45) is 0. The van der Waals surface area contributed by atoms with E-state index < -0.39 is 5.56 Å². The Morgan fingerprint density at radius 1 is 1.40 bits per heavy atom. The van der Waals surface area contributed by atoms with Gasteiger partial charge in [0.25, 0.3) is 0 Å². The molecule has 0 bridgehead atoms. The van der Waals surface area contributed by atoms with Crippen LogP contribution in [0, 0.1) is 3.57 Å². The molecule has 3 heteroatoms. The van der Waals surface area contributed by atoms with Crippen LogP contribution in [0.1, 0.15) is 11.1 Å². The lowest BCUT2D eigenvalue weighted by atomic mass is 10.2. The Morgan fingerprint density at radius 3 is 2.40 bits per heavy atom. The number of aliphatic hydroxyl groups is 1. The molecule has 0 amide bonds. The molecule has 0 aliphatic carbocycles. The fraction of sp³-hybridized carbons (Fsp3) is 0.143. The molecule has 0 radical (unpaired) electrons. The molecule has 0 spiro atoms. The van der Waals surface area contributed by atoms with E-state index in [1.165, 1.54) is 0 Å². The molecule has 1 aromatic carbocycles. The number of rotatable bonds is 1. The Morgan fingerprint density at radius 2 is 2.00 bits per heavy atom. The molecule has 10 heavy (non-hydrogen) atoms. The molecule has 0 aliphatic rings. The molecule has 1 N–H and O–H groups in total. The maximum absolute atomic E-state index is 8.97. The molecule has 54 valence electrons. The van der Waals surface area contributed by atoms with Crippen LogP contribution in [0.25, 0.3) is 0 Å². The van der Waals surface area contributed by atoms with Crippen LogP contribution < -0.4 is 0 Å². The summed E-state index contributed by atoms with van der Waals surface area (Å²) in [4.78, 5) is 0. The third-order valence-corrected chi connectivity index (χ3v) is 2.38. The van der Waals surface area contributed by atoms with Gasteiger partial charge in [-0.3, -0.25) is 0 Å². The van der Waals surface area contributed by atoms with Crippen molar-refractivity contribution in [2.45, 2.75) is 5.56 Å². The van der Waals surface area contributed by atoms with Gasteiger partial charge in [-0.25, -0.2) is 0 Å². The molecule has 0 aliphatic heterocycles. The lowest BCUT2D eigenvalue weighted by Gasteiger charge is -2.03. The molecule has 0 aromatic heterocycles. The number of aliphatic hydroxyl groups excluding tert-OH is 1. The third-order valence-electron chi connectivity index (χ3n) is 1.16. The second kappa shape index (κ2) is 3.55. The van der Waals surface area contributed by atoms with E-state index in [4.69, 9.17) is 16.7 Å². The molecule has 1 rings (SSSR count). The van der Waals surface area contributed by atoms with E-state index in [0.29, 0.717) is 0 Å². The normalized spacial score (nSPS) is 13.1. The van der Waals surface area contributed by atoms with Crippen molar-refractivity contribution in [2.24, 2.45) is 0 Å². The number of hydrogen-bond donors (Lipinski definition) is 1. The van der Waals surface area contributed by atoms with Crippen LogP contribution in [0.5, 0.6) is 0 Å². The molecule has 1 unspecified atom stereocenters. The van der Waals surface area contributed by atoms with Gasteiger partial charge in [0.1, 0.15) is 0 Å². The third kappa shape index (κ3) is 1.84. The summed E-state index contributed by atoms with van der Waals surface area (Å²) in [6, 6.07) is 7.47. The predicted molar refractivity (Wildman–Crippen MR) is 50.0 cm³/mol. The van der Waals surface area contributed by atoms with Gasteiger partial charge in [0.05, 0.1) is 0 Å². The number of alkyl halides is 1. The Balaban J connectivity index is 3.03. The molecular weight excluding hydrogens is 262 g/mol. The van der Waals surface area contributed by atoms with E-state index in [-0.39, 0.29) is 0 Å². The van der Waals surface area contributed by atoms with Crippen molar-refractivity contribution in [3.63, 3.8) is 0 Å². The highest BCUT2D eigenvalue weighted by atomic mass is 127. The summed E-state index contributed by atoms with van der Waals surface area (Å²) < 4.78 is 0.989. The Labute approximate surface area is 78.2 Å². The van der Waals surface area contributed by atoms with E-state index in [9.17, 15) is 0 Å². The van der Waals surface area contributed by atoms with Crippen LogP contribution in [0.2, 0.25) is 0 Å². The van der Waals surface area contributed by atoms with E-state index in [1.54, 1.807) is 6.07 Å². The lowest BCUT2D eigenvalue weighted by Crippen LogP contribution is -1.90. The topological polar surface area (TPSA) is 20.2 Å². The monoisotopic (exact) mass is 268 g/mol. The van der Waals surface area contributed by atoms with E-state index >= 15 is 0 Å². The van der Waals surface area contributed by atoms with Crippen molar-refractivity contribution < 1.29 is 5.11 Å². The minimum atomic E-state index is -0.881. The van der Waals surface area contributed by atoms with Crippen molar-refractivity contribution >= 4 is 34.2 Å². The van der Waals surface area contributed by atoms with Crippen LogP contribution in [0.15, 0.2) is 24.3 Å². The van der Waals surface area contributed by atoms with E-state index in [1.807, 2.05) is 18.2 Å². The first kappa shape index (κ1) is 8.30. The summed E-state index contributed by atoms with van der Waals surface area (Å²) in [5.74, 6) is 0. The van der Waals surface area contributed by atoms with Gasteiger partial charge in [-0.1, -0.05) is 29.8 Å². The second-order valence-electron chi connectivity index (χ2n) is 1.86. The zero-order chi connectivity index (χ0) is 7.56. The Kier molecular flexibility index (Phi) is 2.95. The maximum Gasteiger partial charge on any atom is 0.154 e. The Bertz CT molecular complexity index is 225. The van der Waals surface area contributed by atoms with Crippen molar-refractivity contribution in [1.82, 2.24) is 0 Å². The average Bonchev–Trinajstić information content (AvgIpc) is 1.88. The second-order valence-corrected chi connectivity index (χ2v) is 3.43. The predicted octanol–water partition coefficient (Wildman–Crippen LogP) is 2.52. The molecule has 0 heterocycles. The minimum absolute atomic E-state index is 0.768. The lowest BCUT2D eigenvalue weighted by molar-refractivity contribution is 0.262. The molecular formula is C7H6ClIO. The standard InChI is InChI=1S/C7H6ClIO/c8-7(10)5-3-1-2-4-6(5)9/h1-4,7,10H. The molecule has 0 saturated heterocycles. The van der Waals surface area contributed by atoms with Crippen molar-refractivity contribution in [1.29, 1.82) is 0 Å². The molecule has 1 aromatic rings. The summed E-state index contributed by atoms with van der Waals surface area (Å²) >= 11 is 7.59. The van der Waals surface area contributed by atoms with Gasteiger partial charge in [-0.05, 0) is 28.7 Å². The smallest absolute Gasteiger partial charge is 0.154 e. The van der Waals surface area contributed by atoms with Gasteiger partial charge in [0, 0.05) is 9.13 Å². The fourth-order valence-corrected chi connectivity index (χ4v) is 1.73. The van der Waals surface area contributed by atoms with E-state index in [0.717, 1.165) is 9.13 Å². The van der Waals surface area contributed by atoms with Crippen molar-refractivity contribution in [3.05, 3.63) is 33.4 Å². The van der Waals surface area contributed by atoms with Crippen molar-refractivity contribution in [2.75, 3.05) is 0 Å². The number of hydrogen-bond acceptors (Lipinski definition) is 1. The first-order valence-electron chi connectivity index (χ1n) is 2.78. The highest BCUT2D eigenvalue weighted by Gasteiger charge is 2.04. The largest absolute Gasteiger partial charge is 0.373 e. The quantitative estimate of drug-likeness (QED) is 0.613. The maximum atomic E-state index is 8.97. The first-order valence-corrected chi connectivity index (χ1v) is 4.30. The zero-order valence-electron chi connectivity index (χ0n) is 5.09. The summed E-state index contributed by atoms with van der Waals surface area (Å²) in [7, 11) is 0. The Hall–Kier alpha value is 0.200. The summed E-state index contributed by atoms with van der Waals surface area (Å²) in [6.45, 7) is 0. The van der Waals surface area contributed by atoms with E-state index in [2.05, 4.69) is 22.6 Å². The van der Waals surface area contributed by atoms with Crippen LogP contribution in [0.3, 0.4) is 0 Å². The number of halogens is 2. The summed E-state index contributed by atoms with van der Waals surface area (Å²) in [5.41, 5.74) is -0.113. The van der Waals surface area contributed by atoms with Gasteiger partial charge in [0.2, 0.25) is 0 Å². The van der Waals surface area contributed by atoms with Crippen molar-refractivity contribution in [3.8, 4) is 0 Å². The van der Waals surface area contributed by atoms with Gasteiger partial charge >= 0.3 is 0 Å². The van der Waals surface area contributed by atoms with Crippen LogP contribution in [0.4, 0.5) is 0 Å². The van der Waals surface area contributed by atoms with Crippen LogP contribution in [-0.2, 0) is 0 Å². The van der Waals surface area contributed by atoms with Gasteiger partial charge in [0.15, 0.2) is 5.56 Å². The zero-order valence-corrected chi connectivity index (χ0v) is 8.00. The summed E-state index contributed by atoms with van der Waals surface area (Å²) in [5, 5.41) is 8.97. The number of benzene rings is 1. The fourth-order valence-electron chi connectivity index (χ4n) is 0.668. The highest BCUT2D eigenvalue weighted by molar-refractivity contribution is 14.1. The molecule has 0 saturated carbocycles. The van der Waals surface area contributed by atoms with Crippen LogP contribution >= 0.6 is 34.2 Å². The molecule has 0 fully saturated rings. The molecule has 1 nitrogen and oxygen atoms in total. The SMILES string of the molecule is OC(Cl)c1ccccc1I. The van der Waals surface area contributed by atoms with Gasteiger partial charge in [-0.2, -0.15) is 0 Å². The first-order chi connectivity index (χ1) is 4.72. The van der Waals surface area contributed by atoms with Gasteiger partial charge in [-0.15, -0.1) is 0 Å².